The standard InChI is InChI=1S/C20H12N2O2/c1-3-13-11-15(6-7-16(13)21-9-1)20-22-17-8-5-14(12-19(17)24-20)18-4-2-10-23-18/h1-12H. The van der Waals surface area contributed by atoms with E-state index in [2.05, 4.69) is 9.97 Å². The SMILES string of the molecule is c1coc(-c2ccc3nc(-c4ccc5ncccc5c4)oc3c2)c1. The first-order valence-electron chi connectivity index (χ1n) is 7.66. The molecule has 0 radical (unpaired) electrons. The Balaban J connectivity index is 1.63. The fraction of sp³-hybridized carbons (Fsp3) is 0. The van der Waals surface area contributed by atoms with Crippen LogP contribution in [0.25, 0.3) is 44.8 Å². The lowest BCUT2D eigenvalue weighted by atomic mass is 10.1. The van der Waals surface area contributed by atoms with E-state index in [-0.39, 0.29) is 0 Å². The van der Waals surface area contributed by atoms with Crippen LogP contribution in [0.2, 0.25) is 0 Å². The Labute approximate surface area is 137 Å². The van der Waals surface area contributed by atoms with Crippen molar-refractivity contribution in [2.45, 2.75) is 0 Å². The highest BCUT2D eigenvalue weighted by Crippen LogP contribution is 2.29. The van der Waals surface area contributed by atoms with Crippen LogP contribution in [0.5, 0.6) is 0 Å². The normalized spacial score (nSPS) is 11.3. The minimum atomic E-state index is 0.604. The molecule has 2 aromatic carbocycles. The molecule has 0 spiro atoms. The number of benzene rings is 2. The highest BCUT2D eigenvalue weighted by molar-refractivity contribution is 5.85. The van der Waals surface area contributed by atoms with Gasteiger partial charge in [-0.2, -0.15) is 0 Å². The van der Waals surface area contributed by atoms with Gasteiger partial charge in [0.2, 0.25) is 5.89 Å². The number of aromatic nitrogens is 2. The summed E-state index contributed by atoms with van der Waals surface area (Å²) in [4.78, 5) is 8.93. The van der Waals surface area contributed by atoms with Crippen LogP contribution < -0.4 is 0 Å². The fourth-order valence-electron chi connectivity index (χ4n) is 2.85. The van der Waals surface area contributed by atoms with Crippen LogP contribution in [0.4, 0.5) is 0 Å². The molecule has 3 aromatic heterocycles. The first-order chi connectivity index (χ1) is 11.9. The average molecular weight is 312 g/mol. The molecule has 0 amide bonds. The van der Waals surface area contributed by atoms with Gasteiger partial charge in [0.15, 0.2) is 5.58 Å². The van der Waals surface area contributed by atoms with E-state index in [0.29, 0.717) is 5.89 Å². The summed E-state index contributed by atoms with van der Waals surface area (Å²) in [6.07, 6.45) is 3.45. The Kier molecular flexibility index (Phi) is 2.76. The van der Waals surface area contributed by atoms with Crippen LogP contribution in [0, 0.1) is 0 Å². The number of furan rings is 1. The Morgan fingerprint density at radius 2 is 1.71 bits per heavy atom. The lowest BCUT2D eigenvalue weighted by molar-refractivity contribution is 0.581. The van der Waals surface area contributed by atoms with Crippen molar-refractivity contribution in [1.82, 2.24) is 9.97 Å². The van der Waals surface area contributed by atoms with Crippen molar-refractivity contribution < 1.29 is 8.83 Å². The molecule has 0 fully saturated rings. The zero-order valence-corrected chi connectivity index (χ0v) is 12.6. The van der Waals surface area contributed by atoms with Gasteiger partial charge in [0.1, 0.15) is 11.3 Å². The van der Waals surface area contributed by atoms with Crippen LogP contribution in [0.1, 0.15) is 0 Å². The molecule has 0 atom stereocenters. The molecule has 5 aromatic rings. The summed E-state index contributed by atoms with van der Waals surface area (Å²) < 4.78 is 11.4. The van der Waals surface area contributed by atoms with Crippen LogP contribution >= 0.6 is 0 Å². The zero-order valence-electron chi connectivity index (χ0n) is 12.6. The third-order valence-electron chi connectivity index (χ3n) is 4.04. The van der Waals surface area contributed by atoms with Crippen molar-refractivity contribution in [3.8, 4) is 22.8 Å². The van der Waals surface area contributed by atoms with E-state index in [4.69, 9.17) is 8.83 Å². The number of rotatable bonds is 2. The predicted molar refractivity (Wildman–Crippen MR) is 92.4 cm³/mol. The van der Waals surface area contributed by atoms with E-state index in [1.807, 2.05) is 60.7 Å². The second-order valence-electron chi connectivity index (χ2n) is 5.59. The number of oxazole rings is 1. The number of hydrogen-bond acceptors (Lipinski definition) is 4. The molecule has 3 heterocycles. The summed E-state index contributed by atoms with van der Waals surface area (Å²) in [7, 11) is 0. The van der Waals surface area contributed by atoms with Crippen molar-refractivity contribution >= 4 is 22.0 Å². The summed E-state index contributed by atoms with van der Waals surface area (Å²) >= 11 is 0. The van der Waals surface area contributed by atoms with Gasteiger partial charge in [0, 0.05) is 22.7 Å². The molecule has 0 aliphatic rings. The summed E-state index contributed by atoms with van der Waals surface area (Å²) in [6.45, 7) is 0. The minimum Gasteiger partial charge on any atom is -0.464 e. The van der Waals surface area contributed by atoms with E-state index in [1.165, 1.54) is 0 Å². The van der Waals surface area contributed by atoms with Gasteiger partial charge in [-0.25, -0.2) is 4.98 Å². The van der Waals surface area contributed by atoms with Gasteiger partial charge < -0.3 is 8.83 Å². The molecule has 4 nitrogen and oxygen atoms in total. The number of hydrogen-bond donors (Lipinski definition) is 0. The van der Waals surface area contributed by atoms with E-state index < -0.39 is 0 Å². The number of fused-ring (bicyclic) bond motifs is 2. The molecule has 0 unspecified atom stereocenters. The maximum atomic E-state index is 5.97. The van der Waals surface area contributed by atoms with E-state index in [9.17, 15) is 0 Å². The summed E-state index contributed by atoms with van der Waals surface area (Å²) in [5, 5.41) is 1.06. The maximum Gasteiger partial charge on any atom is 0.227 e. The Hall–Kier alpha value is -3.40. The van der Waals surface area contributed by atoms with E-state index >= 15 is 0 Å². The van der Waals surface area contributed by atoms with E-state index in [1.54, 1.807) is 12.5 Å². The maximum absolute atomic E-state index is 5.97. The monoisotopic (exact) mass is 312 g/mol. The smallest absolute Gasteiger partial charge is 0.227 e. The van der Waals surface area contributed by atoms with E-state index in [0.717, 1.165) is 38.9 Å². The van der Waals surface area contributed by atoms with Crippen LogP contribution in [-0.4, -0.2) is 9.97 Å². The molecule has 0 saturated carbocycles. The lowest BCUT2D eigenvalue weighted by Gasteiger charge is -1.98. The second kappa shape index (κ2) is 5.06. The first-order valence-corrected chi connectivity index (χ1v) is 7.66. The fourth-order valence-corrected chi connectivity index (χ4v) is 2.85. The molecule has 4 heteroatoms. The van der Waals surface area contributed by atoms with Crippen LogP contribution in [-0.2, 0) is 0 Å². The third-order valence-corrected chi connectivity index (χ3v) is 4.04. The Morgan fingerprint density at radius 1 is 0.792 bits per heavy atom. The van der Waals surface area contributed by atoms with Gasteiger partial charge in [-0.15, -0.1) is 0 Å². The molecule has 5 rings (SSSR count). The van der Waals surface area contributed by atoms with Gasteiger partial charge in [0.25, 0.3) is 0 Å². The topological polar surface area (TPSA) is 52.1 Å². The van der Waals surface area contributed by atoms with Crippen LogP contribution in [0.3, 0.4) is 0 Å². The molecule has 0 bridgehead atoms. The quantitative estimate of drug-likeness (QED) is 0.443. The van der Waals surface area contributed by atoms with Crippen molar-refractivity contribution in [3.63, 3.8) is 0 Å². The van der Waals surface area contributed by atoms with Gasteiger partial charge in [-0.05, 0) is 54.6 Å². The summed E-state index contributed by atoms with van der Waals surface area (Å²) in [5.74, 6) is 1.42. The molecular formula is C20H12N2O2. The predicted octanol–water partition coefficient (Wildman–Crippen LogP) is 5.30. The van der Waals surface area contributed by atoms with Crippen molar-refractivity contribution in [3.05, 3.63) is 73.1 Å². The van der Waals surface area contributed by atoms with Gasteiger partial charge in [-0.1, -0.05) is 6.07 Å². The Bertz CT molecular complexity index is 1160. The Morgan fingerprint density at radius 3 is 2.62 bits per heavy atom. The van der Waals surface area contributed by atoms with Crippen molar-refractivity contribution in [2.75, 3.05) is 0 Å². The molecule has 114 valence electrons. The molecule has 0 saturated heterocycles. The number of pyridine rings is 1. The molecule has 0 aliphatic heterocycles. The summed E-state index contributed by atoms with van der Waals surface area (Å²) in [5.41, 5.74) is 4.43. The summed E-state index contributed by atoms with van der Waals surface area (Å²) in [6, 6.07) is 19.6. The lowest BCUT2D eigenvalue weighted by Crippen LogP contribution is -1.80. The highest BCUT2D eigenvalue weighted by atomic mass is 16.3. The molecule has 0 N–H and O–H groups in total. The second-order valence-corrected chi connectivity index (χ2v) is 5.59. The van der Waals surface area contributed by atoms with Gasteiger partial charge in [-0.3, -0.25) is 4.98 Å². The zero-order chi connectivity index (χ0) is 15.9. The van der Waals surface area contributed by atoms with Crippen LogP contribution in [0.15, 0.2) is 82.0 Å². The third kappa shape index (κ3) is 2.08. The first kappa shape index (κ1) is 13.1. The molecular weight excluding hydrogens is 300 g/mol. The van der Waals surface area contributed by atoms with Gasteiger partial charge >= 0.3 is 0 Å². The minimum absolute atomic E-state index is 0.604. The van der Waals surface area contributed by atoms with Gasteiger partial charge in [0.05, 0.1) is 11.8 Å². The number of nitrogens with zero attached hydrogens (tertiary/aromatic N) is 2. The largest absolute Gasteiger partial charge is 0.464 e. The average Bonchev–Trinajstić information content (AvgIpc) is 3.30. The van der Waals surface area contributed by atoms with Crippen molar-refractivity contribution in [1.29, 1.82) is 0 Å². The van der Waals surface area contributed by atoms with Crippen molar-refractivity contribution in [2.24, 2.45) is 0 Å². The molecule has 24 heavy (non-hydrogen) atoms. The molecule has 0 aliphatic carbocycles. The highest BCUT2D eigenvalue weighted by Gasteiger charge is 2.11.